The average Bonchev–Trinajstić information content (AvgIpc) is 2.17. The Balaban J connectivity index is 2.72. The van der Waals surface area contributed by atoms with Gasteiger partial charge in [0, 0.05) is 0 Å². The van der Waals surface area contributed by atoms with Crippen LogP contribution < -0.4 is 3.55 Å². The fourth-order valence-corrected chi connectivity index (χ4v) is 1.49. The number of rotatable bonds is 2. The van der Waals surface area contributed by atoms with Gasteiger partial charge in [0.15, 0.2) is 0 Å². The molecule has 0 aliphatic heterocycles. The molecule has 42 valence electrons. The molecule has 0 aliphatic rings. The fourth-order valence-electron chi connectivity index (χ4n) is 0.771. The SMILES string of the molecule is [Li][c]1cc(CC=C)cs1. The first kappa shape index (κ1) is 7.15. The molecule has 1 rings (SSSR count). The van der Waals surface area contributed by atoms with Crippen molar-refractivity contribution in [2.45, 2.75) is 6.42 Å². The first-order chi connectivity index (χ1) is 4.33. The van der Waals surface area contributed by atoms with E-state index in [1.165, 1.54) is 9.11 Å². The van der Waals surface area contributed by atoms with Gasteiger partial charge in [-0.25, -0.2) is 0 Å². The van der Waals surface area contributed by atoms with Crippen LogP contribution in [0.2, 0.25) is 0 Å². The van der Waals surface area contributed by atoms with Gasteiger partial charge in [-0.05, 0) is 0 Å². The van der Waals surface area contributed by atoms with Crippen LogP contribution in [0.25, 0.3) is 0 Å². The van der Waals surface area contributed by atoms with Crippen molar-refractivity contribution >= 4 is 32.6 Å². The van der Waals surface area contributed by atoms with Gasteiger partial charge in [-0.2, -0.15) is 0 Å². The first-order valence-electron chi connectivity index (χ1n) is 2.98. The standard InChI is InChI=1S/C7H7S.Li/c1-2-3-7-4-5-8-6-7;/h2,4,6H,1,3H2;. The number of thiophene rings is 1. The number of hydrogen-bond acceptors (Lipinski definition) is 1. The third-order valence-corrected chi connectivity index (χ3v) is 2.08. The van der Waals surface area contributed by atoms with Crippen molar-refractivity contribution in [2.24, 2.45) is 0 Å². The van der Waals surface area contributed by atoms with E-state index in [-0.39, 0.29) is 0 Å². The molecule has 0 aliphatic carbocycles. The Hall–Kier alpha value is 0.0374. The minimum absolute atomic E-state index is 1.00. The van der Waals surface area contributed by atoms with Crippen LogP contribution in [0, 0.1) is 0 Å². The van der Waals surface area contributed by atoms with Crippen LogP contribution in [-0.2, 0) is 6.42 Å². The molecule has 0 nitrogen and oxygen atoms in total. The van der Waals surface area contributed by atoms with E-state index in [4.69, 9.17) is 0 Å². The van der Waals surface area contributed by atoms with Crippen molar-refractivity contribution in [2.75, 3.05) is 0 Å². The van der Waals surface area contributed by atoms with Crippen LogP contribution in [0.5, 0.6) is 0 Å². The molecule has 0 N–H and O–H groups in total. The van der Waals surface area contributed by atoms with E-state index in [0.717, 1.165) is 6.42 Å². The molecule has 0 unspecified atom stereocenters. The monoisotopic (exact) mass is 130 g/mol. The summed E-state index contributed by atoms with van der Waals surface area (Å²) in [6.07, 6.45) is 2.94. The second-order valence-electron chi connectivity index (χ2n) is 2.06. The Kier molecular flexibility index (Phi) is 2.60. The van der Waals surface area contributed by atoms with Gasteiger partial charge in [0.2, 0.25) is 0 Å². The Labute approximate surface area is 68.8 Å². The summed E-state index contributed by atoms with van der Waals surface area (Å²) in [5.41, 5.74) is 1.38. The van der Waals surface area contributed by atoms with Gasteiger partial charge in [0.25, 0.3) is 0 Å². The zero-order chi connectivity index (χ0) is 6.69. The molecule has 0 saturated carbocycles. The van der Waals surface area contributed by atoms with Gasteiger partial charge in [-0.15, -0.1) is 0 Å². The van der Waals surface area contributed by atoms with Crippen molar-refractivity contribution in [1.82, 2.24) is 0 Å². The molecule has 0 amide bonds. The van der Waals surface area contributed by atoms with Gasteiger partial charge >= 0.3 is 68.7 Å². The Bertz CT molecular complexity index is 202. The van der Waals surface area contributed by atoms with Crippen molar-refractivity contribution in [3.05, 3.63) is 29.7 Å². The van der Waals surface area contributed by atoms with E-state index < -0.39 is 0 Å². The molecule has 0 aromatic carbocycles. The van der Waals surface area contributed by atoms with Crippen LogP contribution in [0.1, 0.15) is 5.56 Å². The number of hydrogen-bond donors (Lipinski definition) is 0. The topological polar surface area (TPSA) is 0 Å². The molecule has 0 fully saturated rings. The van der Waals surface area contributed by atoms with E-state index in [1.807, 2.05) is 6.08 Å². The maximum absolute atomic E-state index is 3.67. The van der Waals surface area contributed by atoms with E-state index in [1.54, 1.807) is 11.3 Å². The predicted molar refractivity (Wildman–Crippen MR) is 43.6 cm³/mol. The van der Waals surface area contributed by atoms with E-state index in [0.29, 0.717) is 0 Å². The quantitative estimate of drug-likeness (QED) is 0.417. The normalized spacial score (nSPS) is 9.56. The molecule has 0 spiro atoms. The van der Waals surface area contributed by atoms with Crippen molar-refractivity contribution in [3.8, 4) is 0 Å². The first-order valence-corrected chi connectivity index (χ1v) is 3.86. The molecule has 1 heterocycles. The van der Waals surface area contributed by atoms with E-state index in [9.17, 15) is 0 Å². The van der Waals surface area contributed by atoms with Crippen LogP contribution in [0.3, 0.4) is 0 Å². The predicted octanol–water partition coefficient (Wildman–Crippen LogP) is 1.27. The third-order valence-electron chi connectivity index (χ3n) is 1.16. The van der Waals surface area contributed by atoms with Crippen molar-refractivity contribution < 1.29 is 0 Å². The van der Waals surface area contributed by atoms with Crippen molar-refractivity contribution in [3.63, 3.8) is 0 Å². The molecular formula is C7H7LiS. The second-order valence-corrected chi connectivity index (χ2v) is 3.17. The Morgan fingerprint density at radius 1 is 1.78 bits per heavy atom. The molecule has 1 aromatic rings. The number of allylic oxidation sites excluding steroid dienone is 1. The minimum atomic E-state index is 1.00. The molecular weight excluding hydrogens is 123 g/mol. The van der Waals surface area contributed by atoms with Crippen molar-refractivity contribution in [1.29, 1.82) is 0 Å². The van der Waals surface area contributed by atoms with Crippen LogP contribution >= 0.6 is 11.3 Å². The molecule has 2 heteroatoms. The van der Waals surface area contributed by atoms with Crippen LogP contribution in [0.15, 0.2) is 24.1 Å². The summed E-state index contributed by atoms with van der Waals surface area (Å²) in [6, 6.07) is 2.20. The summed E-state index contributed by atoms with van der Waals surface area (Å²) in [5.74, 6) is 0. The Morgan fingerprint density at radius 3 is 3.00 bits per heavy atom. The summed E-state index contributed by atoms with van der Waals surface area (Å²) < 4.78 is 1.38. The summed E-state index contributed by atoms with van der Waals surface area (Å²) in [5, 5.41) is 2.18. The second kappa shape index (κ2) is 3.27. The average molecular weight is 130 g/mol. The molecule has 0 radical (unpaired) electrons. The summed E-state index contributed by atoms with van der Waals surface area (Å²) in [6.45, 7) is 3.67. The van der Waals surface area contributed by atoms with Gasteiger partial charge < -0.3 is 0 Å². The third kappa shape index (κ3) is 2.02. The molecule has 0 saturated heterocycles. The zero-order valence-corrected chi connectivity index (χ0v) is 6.37. The molecule has 0 bridgehead atoms. The zero-order valence-electron chi connectivity index (χ0n) is 5.55. The van der Waals surface area contributed by atoms with Gasteiger partial charge in [0.05, 0.1) is 0 Å². The fraction of sp³-hybridized carbons (Fsp3) is 0.143. The van der Waals surface area contributed by atoms with E-state index in [2.05, 4.69) is 35.7 Å². The van der Waals surface area contributed by atoms with Gasteiger partial charge in [-0.3, -0.25) is 0 Å². The van der Waals surface area contributed by atoms with Gasteiger partial charge in [-0.1, -0.05) is 0 Å². The molecule has 1 aromatic heterocycles. The molecule has 9 heavy (non-hydrogen) atoms. The van der Waals surface area contributed by atoms with Crippen LogP contribution in [-0.4, -0.2) is 17.7 Å². The molecule has 0 atom stereocenters. The van der Waals surface area contributed by atoms with Crippen LogP contribution in [0.4, 0.5) is 0 Å². The Morgan fingerprint density at radius 2 is 2.56 bits per heavy atom. The summed E-state index contributed by atoms with van der Waals surface area (Å²) in [4.78, 5) is 0. The summed E-state index contributed by atoms with van der Waals surface area (Å²) in [7, 11) is 0. The summed E-state index contributed by atoms with van der Waals surface area (Å²) >= 11 is 3.92. The van der Waals surface area contributed by atoms with E-state index >= 15 is 0 Å². The van der Waals surface area contributed by atoms with Gasteiger partial charge in [0.1, 0.15) is 0 Å². The maximum atomic E-state index is 3.67.